The number of amides is 3. The smallest absolute Gasteiger partial charge is 0.377 e. The van der Waals surface area contributed by atoms with Gasteiger partial charge < -0.3 is 24.4 Å². The van der Waals surface area contributed by atoms with Gasteiger partial charge in [-0.25, -0.2) is 4.98 Å². The zero-order chi connectivity index (χ0) is 34.9. The summed E-state index contributed by atoms with van der Waals surface area (Å²) in [4.78, 5) is 64.7. The fraction of sp³-hybridized carbons (Fsp3) is 0.367. The number of ether oxygens (including phenoxy) is 1. The SMILES string of the molecule is CCc1c(N2CCN(C(=O)C(=O)Nc3nccs3)CC2)c(=O)n2nc(C3=CCOCC3)nc2n1CC(=O)Nc1ccc(C(F)(F)F)cc1Cl. The maximum absolute atomic E-state index is 14.1. The van der Waals surface area contributed by atoms with E-state index in [9.17, 15) is 32.3 Å². The Labute approximate surface area is 285 Å². The number of fused-ring (bicyclic) bond motifs is 1. The van der Waals surface area contributed by atoms with E-state index in [4.69, 9.17) is 16.3 Å². The van der Waals surface area contributed by atoms with Gasteiger partial charge in [0.05, 0.1) is 35.2 Å². The Hall–Kier alpha value is -4.81. The number of carbonyl (C=O) groups excluding carboxylic acids is 3. The molecule has 1 saturated heterocycles. The molecule has 0 unspecified atom stereocenters. The summed E-state index contributed by atoms with van der Waals surface area (Å²) in [6.45, 7) is 2.87. The Morgan fingerprint density at radius 3 is 2.53 bits per heavy atom. The Bertz CT molecular complexity index is 2000. The van der Waals surface area contributed by atoms with E-state index in [0.29, 0.717) is 36.3 Å². The first kappa shape index (κ1) is 34.1. The van der Waals surface area contributed by atoms with Crippen molar-refractivity contribution < 1.29 is 32.3 Å². The topological polar surface area (TPSA) is 156 Å². The molecule has 0 spiro atoms. The van der Waals surface area contributed by atoms with Gasteiger partial charge in [0.15, 0.2) is 11.0 Å². The highest BCUT2D eigenvalue weighted by molar-refractivity contribution is 7.13. The van der Waals surface area contributed by atoms with E-state index in [-0.39, 0.29) is 61.3 Å². The number of halogens is 4. The van der Waals surface area contributed by atoms with Crippen LogP contribution in [0.3, 0.4) is 0 Å². The van der Waals surface area contributed by atoms with Crippen molar-refractivity contribution in [2.45, 2.75) is 32.5 Å². The summed E-state index contributed by atoms with van der Waals surface area (Å²) in [7, 11) is 0. The molecule has 49 heavy (non-hydrogen) atoms. The van der Waals surface area contributed by atoms with Crippen molar-refractivity contribution in [1.82, 2.24) is 29.0 Å². The lowest BCUT2D eigenvalue weighted by Gasteiger charge is -2.36. The van der Waals surface area contributed by atoms with Gasteiger partial charge in [-0.15, -0.1) is 16.4 Å². The number of aromatic nitrogens is 5. The minimum Gasteiger partial charge on any atom is -0.377 e. The lowest BCUT2D eigenvalue weighted by atomic mass is 10.1. The van der Waals surface area contributed by atoms with Gasteiger partial charge in [-0.05, 0) is 36.6 Å². The molecule has 2 aliphatic rings. The fourth-order valence-electron chi connectivity index (χ4n) is 5.63. The zero-order valence-corrected chi connectivity index (χ0v) is 27.5. The van der Waals surface area contributed by atoms with Crippen LogP contribution in [-0.2, 0) is 38.3 Å². The van der Waals surface area contributed by atoms with Gasteiger partial charge in [0.25, 0.3) is 5.56 Å². The molecule has 1 aromatic carbocycles. The highest BCUT2D eigenvalue weighted by atomic mass is 35.5. The molecule has 3 amide bonds. The summed E-state index contributed by atoms with van der Waals surface area (Å²) in [6.07, 6.45) is -0.501. The summed E-state index contributed by atoms with van der Waals surface area (Å²) >= 11 is 7.27. The van der Waals surface area contributed by atoms with Crippen LogP contribution in [0.5, 0.6) is 0 Å². The summed E-state index contributed by atoms with van der Waals surface area (Å²) in [5.74, 6) is -1.80. The largest absolute Gasteiger partial charge is 0.416 e. The maximum atomic E-state index is 14.1. The Balaban J connectivity index is 1.31. The summed E-state index contributed by atoms with van der Waals surface area (Å²) in [5, 5.41) is 11.2. The van der Waals surface area contributed by atoms with Crippen LogP contribution in [0.2, 0.25) is 5.02 Å². The first-order valence-electron chi connectivity index (χ1n) is 15.2. The second-order valence-electron chi connectivity index (χ2n) is 11.1. The third kappa shape index (κ3) is 7.16. The molecule has 2 aliphatic heterocycles. The van der Waals surface area contributed by atoms with E-state index in [2.05, 4.69) is 25.7 Å². The van der Waals surface area contributed by atoms with Crippen molar-refractivity contribution in [1.29, 1.82) is 0 Å². The molecule has 0 saturated carbocycles. The molecule has 3 aromatic heterocycles. The second kappa shape index (κ2) is 14.0. The van der Waals surface area contributed by atoms with Crippen LogP contribution < -0.4 is 21.1 Å². The number of hydrogen-bond donors (Lipinski definition) is 2. The number of hydrogen-bond acceptors (Lipinski definition) is 10. The molecule has 5 heterocycles. The molecule has 0 radical (unpaired) electrons. The highest BCUT2D eigenvalue weighted by Gasteiger charge is 2.32. The van der Waals surface area contributed by atoms with E-state index < -0.39 is 35.0 Å². The Kier molecular flexibility index (Phi) is 9.71. The summed E-state index contributed by atoms with van der Waals surface area (Å²) < 4.78 is 47.5. The third-order valence-electron chi connectivity index (χ3n) is 8.01. The number of thiazole rings is 1. The molecule has 6 rings (SSSR count). The van der Waals surface area contributed by atoms with Crippen molar-refractivity contribution in [3.05, 3.63) is 68.3 Å². The van der Waals surface area contributed by atoms with Crippen LogP contribution in [0.25, 0.3) is 11.4 Å². The molecule has 1 fully saturated rings. The quantitative estimate of drug-likeness (QED) is 0.274. The highest BCUT2D eigenvalue weighted by Crippen LogP contribution is 2.34. The normalized spacial score (nSPS) is 15.3. The number of rotatable bonds is 7. The lowest BCUT2D eigenvalue weighted by molar-refractivity contribution is -0.143. The van der Waals surface area contributed by atoms with Gasteiger partial charge in [-0.2, -0.15) is 22.7 Å². The number of nitrogens with one attached hydrogen (secondary N) is 2. The van der Waals surface area contributed by atoms with Crippen molar-refractivity contribution >= 4 is 68.5 Å². The van der Waals surface area contributed by atoms with Gasteiger partial charge in [0, 0.05) is 37.8 Å². The minimum atomic E-state index is -4.61. The summed E-state index contributed by atoms with van der Waals surface area (Å²) in [5.41, 5.74) is -0.00816. The predicted molar refractivity (Wildman–Crippen MR) is 175 cm³/mol. The predicted octanol–water partition coefficient (Wildman–Crippen LogP) is 3.31. The van der Waals surface area contributed by atoms with Gasteiger partial charge >= 0.3 is 18.0 Å². The maximum Gasteiger partial charge on any atom is 0.416 e. The molecular formula is C30H29ClF3N9O5S. The monoisotopic (exact) mass is 719 g/mol. The standard InChI is InChI=1S/C30H29ClF3N9O5S/c1-2-21-23(40-8-10-41(11-9-40)27(47)25(45)38-28-35-7-14-49-28)26(46)43-29(37-24(39-43)17-5-12-48-13-6-17)42(21)16-22(44)36-20-4-3-18(15-19(20)31)30(32,33)34/h3-5,7,14-15H,2,6,8-13,16H2,1H3,(H,36,44)(H,35,38,45). The van der Waals surface area contributed by atoms with Crippen LogP contribution >= 0.6 is 22.9 Å². The van der Waals surface area contributed by atoms with Crippen molar-refractivity contribution in [3.8, 4) is 0 Å². The fourth-order valence-corrected chi connectivity index (χ4v) is 6.39. The lowest BCUT2D eigenvalue weighted by Crippen LogP contribution is -2.53. The van der Waals surface area contributed by atoms with Crippen molar-refractivity contribution in [3.63, 3.8) is 0 Å². The number of nitrogens with zero attached hydrogens (tertiary/aromatic N) is 7. The molecule has 0 atom stereocenters. The zero-order valence-electron chi connectivity index (χ0n) is 25.9. The van der Waals surface area contributed by atoms with Crippen molar-refractivity contribution in [2.75, 3.05) is 54.9 Å². The molecule has 14 nitrogen and oxygen atoms in total. The van der Waals surface area contributed by atoms with Crippen molar-refractivity contribution in [2.24, 2.45) is 0 Å². The number of benzene rings is 1. The van der Waals surface area contributed by atoms with Gasteiger partial charge in [-0.1, -0.05) is 24.6 Å². The van der Waals surface area contributed by atoms with E-state index in [1.165, 1.54) is 22.4 Å². The average molecular weight is 720 g/mol. The molecule has 2 N–H and O–H groups in total. The summed E-state index contributed by atoms with van der Waals surface area (Å²) in [6, 6.07) is 2.61. The van der Waals surface area contributed by atoms with E-state index in [1.807, 2.05) is 6.08 Å². The van der Waals surface area contributed by atoms with E-state index in [0.717, 1.165) is 28.3 Å². The number of anilines is 3. The third-order valence-corrected chi connectivity index (χ3v) is 9.01. The molecule has 4 aromatic rings. The van der Waals surface area contributed by atoms with Crippen LogP contribution in [0.1, 0.15) is 30.4 Å². The van der Waals surface area contributed by atoms with Crippen LogP contribution in [0.15, 0.2) is 40.6 Å². The molecule has 0 bridgehead atoms. The molecular weight excluding hydrogens is 691 g/mol. The van der Waals surface area contributed by atoms with Crippen LogP contribution in [0.4, 0.5) is 29.7 Å². The molecule has 19 heteroatoms. The number of carbonyl (C=O) groups is 3. The van der Waals surface area contributed by atoms with Crippen LogP contribution in [-0.4, -0.2) is 86.2 Å². The van der Waals surface area contributed by atoms with Gasteiger partial charge in [-0.3, -0.25) is 24.5 Å². The first-order chi connectivity index (χ1) is 23.4. The first-order valence-corrected chi connectivity index (χ1v) is 16.4. The molecule has 258 valence electrons. The van der Waals surface area contributed by atoms with Crippen LogP contribution in [0, 0.1) is 0 Å². The second-order valence-corrected chi connectivity index (χ2v) is 12.4. The minimum absolute atomic E-state index is 0.0239. The Morgan fingerprint density at radius 1 is 1.12 bits per heavy atom. The average Bonchev–Trinajstić information content (AvgIpc) is 3.77. The van der Waals surface area contributed by atoms with E-state index in [1.54, 1.807) is 21.8 Å². The van der Waals surface area contributed by atoms with E-state index >= 15 is 0 Å². The van der Waals surface area contributed by atoms with Gasteiger partial charge in [0.1, 0.15) is 12.2 Å². The molecule has 0 aliphatic carbocycles. The Morgan fingerprint density at radius 2 is 1.90 bits per heavy atom. The van der Waals surface area contributed by atoms with Gasteiger partial charge in [0.2, 0.25) is 11.7 Å². The number of alkyl halides is 3. The number of piperazine rings is 1.